The fourth-order valence-electron chi connectivity index (χ4n) is 2.47. The van der Waals surface area contributed by atoms with Crippen LogP contribution in [-0.2, 0) is 0 Å². The highest BCUT2D eigenvalue weighted by molar-refractivity contribution is 5.31. The van der Waals surface area contributed by atoms with E-state index in [2.05, 4.69) is 27.1 Å². The number of nitrogens with zero attached hydrogens (tertiary/aromatic N) is 3. The summed E-state index contributed by atoms with van der Waals surface area (Å²) < 4.78 is 5.10. The molecule has 5 nitrogen and oxygen atoms in total. The van der Waals surface area contributed by atoms with Crippen molar-refractivity contribution in [2.75, 3.05) is 31.6 Å². The largest absolute Gasteiger partial charge is 0.494 e. The Morgan fingerprint density at radius 3 is 2.74 bits per heavy atom. The molecule has 1 saturated heterocycles. The van der Waals surface area contributed by atoms with Crippen LogP contribution in [0.25, 0.3) is 0 Å². The molecule has 1 fully saturated rings. The standard InChI is InChI=1S/C14H24N4O/c1-3-8-18(11-12-6-4-5-7-15-12)14-16-9-13(19-2)10-17-14/h9-10,12,15H,3-8,11H2,1-2H3. The number of hydrogen-bond acceptors (Lipinski definition) is 5. The second kappa shape index (κ2) is 7.28. The smallest absolute Gasteiger partial charge is 0.225 e. The average Bonchev–Trinajstić information content (AvgIpc) is 2.48. The van der Waals surface area contributed by atoms with Crippen molar-refractivity contribution in [3.8, 4) is 5.75 Å². The summed E-state index contributed by atoms with van der Waals surface area (Å²) in [6, 6.07) is 0.561. The zero-order valence-electron chi connectivity index (χ0n) is 11.9. The predicted molar refractivity (Wildman–Crippen MR) is 76.7 cm³/mol. The lowest BCUT2D eigenvalue weighted by Gasteiger charge is -2.30. The molecule has 0 amide bonds. The number of nitrogens with one attached hydrogen (secondary N) is 1. The Kier molecular flexibility index (Phi) is 5.39. The van der Waals surface area contributed by atoms with Gasteiger partial charge >= 0.3 is 0 Å². The normalized spacial score (nSPS) is 19.2. The highest BCUT2D eigenvalue weighted by Crippen LogP contribution is 2.15. The molecule has 5 heteroatoms. The molecule has 0 spiro atoms. The molecule has 1 aromatic rings. The van der Waals surface area contributed by atoms with Crippen LogP contribution in [0.4, 0.5) is 5.95 Å². The molecular formula is C14H24N4O. The SMILES string of the molecule is CCCN(CC1CCCCN1)c1ncc(OC)cn1. The third-order valence-corrected chi connectivity index (χ3v) is 3.48. The van der Waals surface area contributed by atoms with E-state index in [-0.39, 0.29) is 0 Å². The van der Waals surface area contributed by atoms with Crippen molar-refractivity contribution in [3.63, 3.8) is 0 Å². The average molecular weight is 264 g/mol. The molecule has 1 unspecified atom stereocenters. The van der Waals surface area contributed by atoms with Gasteiger partial charge in [-0.05, 0) is 25.8 Å². The molecular weight excluding hydrogens is 240 g/mol. The van der Waals surface area contributed by atoms with Crippen molar-refractivity contribution >= 4 is 5.95 Å². The number of aromatic nitrogens is 2. The van der Waals surface area contributed by atoms with Gasteiger partial charge in [0, 0.05) is 19.1 Å². The highest BCUT2D eigenvalue weighted by Gasteiger charge is 2.18. The maximum atomic E-state index is 5.10. The van der Waals surface area contributed by atoms with E-state index in [0.717, 1.165) is 32.0 Å². The summed E-state index contributed by atoms with van der Waals surface area (Å²) in [5, 5.41) is 3.58. The van der Waals surface area contributed by atoms with E-state index in [1.165, 1.54) is 19.3 Å². The second-order valence-electron chi connectivity index (χ2n) is 5.02. The molecule has 2 rings (SSSR count). The first-order valence-electron chi connectivity index (χ1n) is 7.18. The Balaban J connectivity index is 2.00. The molecule has 0 saturated carbocycles. The van der Waals surface area contributed by atoms with Gasteiger partial charge in [0.2, 0.25) is 5.95 Å². The Labute approximate surface area is 115 Å². The Hall–Kier alpha value is -1.36. The van der Waals surface area contributed by atoms with Gasteiger partial charge < -0.3 is 15.0 Å². The Morgan fingerprint density at radius 1 is 1.37 bits per heavy atom. The Morgan fingerprint density at radius 2 is 2.16 bits per heavy atom. The van der Waals surface area contributed by atoms with Gasteiger partial charge in [0.25, 0.3) is 0 Å². The number of ether oxygens (including phenoxy) is 1. The van der Waals surface area contributed by atoms with Gasteiger partial charge in [0.1, 0.15) is 0 Å². The van der Waals surface area contributed by atoms with E-state index < -0.39 is 0 Å². The minimum atomic E-state index is 0.561. The molecule has 1 atom stereocenters. The van der Waals surface area contributed by atoms with E-state index in [1.807, 2.05) is 0 Å². The third-order valence-electron chi connectivity index (χ3n) is 3.48. The number of hydrogen-bond donors (Lipinski definition) is 1. The maximum absolute atomic E-state index is 5.10. The minimum Gasteiger partial charge on any atom is -0.494 e. The predicted octanol–water partition coefficient (Wildman–Crippen LogP) is 1.84. The van der Waals surface area contributed by atoms with Crippen LogP contribution in [0.2, 0.25) is 0 Å². The summed E-state index contributed by atoms with van der Waals surface area (Å²) in [5.74, 6) is 1.51. The van der Waals surface area contributed by atoms with Crippen LogP contribution < -0.4 is 15.0 Å². The quantitative estimate of drug-likeness (QED) is 0.849. The first-order valence-corrected chi connectivity index (χ1v) is 7.18. The van der Waals surface area contributed by atoms with Crippen LogP contribution in [0.3, 0.4) is 0 Å². The summed E-state index contributed by atoms with van der Waals surface area (Å²) in [7, 11) is 1.63. The van der Waals surface area contributed by atoms with Gasteiger partial charge in [-0.1, -0.05) is 13.3 Å². The first-order chi connectivity index (χ1) is 9.33. The van der Waals surface area contributed by atoms with Crippen LogP contribution in [0, 0.1) is 0 Å². The van der Waals surface area contributed by atoms with Crippen LogP contribution in [0.15, 0.2) is 12.4 Å². The molecule has 1 aliphatic heterocycles. The van der Waals surface area contributed by atoms with Gasteiger partial charge in [-0.3, -0.25) is 0 Å². The lowest BCUT2D eigenvalue weighted by Crippen LogP contribution is -2.44. The molecule has 0 bridgehead atoms. The fraction of sp³-hybridized carbons (Fsp3) is 0.714. The summed E-state index contributed by atoms with van der Waals surface area (Å²) in [6.07, 6.45) is 8.43. The number of rotatable bonds is 6. The molecule has 1 aliphatic rings. The minimum absolute atomic E-state index is 0.561. The van der Waals surface area contributed by atoms with E-state index in [9.17, 15) is 0 Å². The molecule has 19 heavy (non-hydrogen) atoms. The highest BCUT2D eigenvalue weighted by atomic mass is 16.5. The molecule has 0 radical (unpaired) electrons. The molecule has 2 heterocycles. The van der Waals surface area contributed by atoms with E-state index >= 15 is 0 Å². The zero-order chi connectivity index (χ0) is 13.5. The van der Waals surface area contributed by atoms with Crippen molar-refractivity contribution in [2.45, 2.75) is 38.6 Å². The van der Waals surface area contributed by atoms with E-state index in [0.29, 0.717) is 11.8 Å². The monoisotopic (exact) mass is 264 g/mol. The van der Waals surface area contributed by atoms with Crippen molar-refractivity contribution in [3.05, 3.63) is 12.4 Å². The van der Waals surface area contributed by atoms with Crippen LogP contribution in [0.1, 0.15) is 32.6 Å². The maximum Gasteiger partial charge on any atom is 0.225 e. The van der Waals surface area contributed by atoms with Crippen LogP contribution in [0.5, 0.6) is 5.75 Å². The van der Waals surface area contributed by atoms with Gasteiger partial charge in [0.05, 0.1) is 19.5 Å². The van der Waals surface area contributed by atoms with E-state index in [1.54, 1.807) is 19.5 Å². The molecule has 1 N–H and O–H groups in total. The summed E-state index contributed by atoms with van der Waals surface area (Å²) in [6.45, 7) is 5.30. The summed E-state index contributed by atoms with van der Waals surface area (Å²) in [4.78, 5) is 11.1. The molecule has 0 aliphatic carbocycles. The number of piperidine rings is 1. The molecule has 0 aromatic carbocycles. The zero-order valence-corrected chi connectivity index (χ0v) is 11.9. The van der Waals surface area contributed by atoms with Gasteiger partial charge in [0.15, 0.2) is 5.75 Å². The van der Waals surface area contributed by atoms with Crippen molar-refractivity contribution in [1.82, 2.24) is 15.3 Å². The lowest BCUT2D eigenvalue weighted by molar-refractivity contribution is 0.396. The van der Waals surface area contributed by atoms with E-state index in [4.69, 9.17) is 4.74 Å². The Bertz CT molecular complexity index is 362. The van der Waals surface area contributed by atoms with Crippen molar-refractivity contribution < 1.29 is 4.74 Å². The van der Waals surface area contributed by atoms with Gasteiger partial charge in [-0.2, -0.15) is 0 Å². The van der Waals surface area contributed by atoms with Crippen molar-refractivity contribution in [1.29, 1.82) is 0 Å². The number of methoxy groups -OCH3 is 1. The summed E-state index contributed by atoms with van der Waals surface area (Å²) >= 11 is 0. The van der Waals surface area contributed by atoms with Gasteiger partial charge in [-0.25, -0.2) is 9.97 Å². The van der Waals surface area contributed by atoms with Gasteiger partial charge in [-0.15, -0.1) is 0 Å². The van der Waals surface area contributed by atoms with Crippen molar-refractivity contribution in [2.24, 2.45) is 0 Å². The third kappa shape index (κ3) is 4.06. The summed E-state index contributed by atoms with van der Waals surface area (Å²) in [5.41, 5.74) is 0. The molecule has 106 valence electrons. The topological polar surface area (TPSA) is 50.3 Å². The molecule has 1 aromatic heterocycles. The first kappa shape index (κ1) is 14.1. The van der Waals surface area contributed by atoms with Crippen LogP contribution >= 0.6 is 0 Å². The van der Waals surface area contributed by atoms with Crippen LogP contribution in [-0.4, -0.2) is 42.8 Å². The fourth-order valence-corrected chi connectivity index (χ4v) is 2.47. The number of anilines is 1. The second-order valence-corrected chi connectivity index (χ2v) is 5.02. The lowest BCUT2D eigenvalue weighted by atomic mass is 10.0.